The molecule has 0 saturated carbocycles. The van der Waals surface area contributed by atoms with Gasteiger partial charge in [0.05, 0.1) is 27.6 Å². The van der Waals surface area contributed by atoms with Crippen molar-refractivity contribution in [2.75, 3.05) is 5.75 Å². The Morgan fingerprint density at radius 1 is 1.21 bits per heavy atom. The molecular weight excluding hydrogens is 477 g/mol. The van der Waals surface area contributed by atoms with E-state index in [1.54, 1.807) is 16.7 Å². The van der Waals surface area contributed by atoms with Crippen LogP contribution >= 0.6 is 35.0 Å². The molecule has 0 spiro atoms. The number of aromatic nitrogens is 3. The zero-order valence-electron chi connectivity index (χ0n) is 18.6. The molecule has 0 aliphatic heterocycles. The average molecular weight is 501 g/mol. The van der Waals surface area contributed by atoms with Crippen molar-refractivity contribution in [3.63, 3.8) is 0 Å². The third kappa shape index (κ3) is 5.48. The van der Waals surface area contributed by atoms with Crippen LogP contribution in [0, 0.1) is 17.2 Å². The smallest absolute Gasteiger partial charge is 0.196 e. The normalized spacial score (nSPS) is 12.3. The molecule has 1 atom stereocenters. The third-order valence-corrected chi connectivity index (χ3v) is 6.78. The van der Waals surface area contributed by atoms with Crippen molar-refractivity contribution in [2.45, 2.75) is 31.3 Å². The number of ketones is 1. The van der Waals surface area contributed by atoms with Crippen molar-refractivity contribution >= 4 is 40.7 Å². The first kappa shape index (κ1) is 25.0. The van der Waals surface area contributed by atoms with Crippen LogP contribution in [0.3, 0.4) is 0 Å². The largest absolute Gasteiger partial charge is 0.328 e. The van der Waals surface area contributed by atoms with Gasteiger partial charge in [0.1, 0.15) is 5.70 Å². The number of carbonyl (C=O) groups excluding carboxylic acids is 1. The Morgan fingerprint density at radius 3 is 2.45 bits per heavy atom. The van der Waals surface area contributed by atoms with E-state index in [0.29, 0.717) is 26.7 Å². The Balaban J connectivity index is 2.06. The maximum Gasteiger partial charge on any atom is 0.196 e. The number of carbonyl (C=O) groups is 1. The number of quaternary nitrogens is 1. The summed E-state index contributed by atoms with van der Waals surface area (Å²) in [5.41, 5.74) is 6.53. The van der Waals surface area contributed by atoms with Gasteiger partial charge in [-0.15, -0.1) is 10.2 Å². The van der Waals surface area contributed by atoms with Gasteiger partial charge in [0.2, 0.25) is 0 Å². The van der Waals surface area contributed by atoms with Crippen LogP contribution in [0.25, 0.3) is 17.1 Å². The van der Waals surface area contributed by atoms with Gasteiger partial charge >= 0.3 is 0 Å². The molecule has 0 bridgehead atoms. The van der Waals surface area contributed by atoms with Crippen LogP contribution in [0.1, 0.15) is 26.3 Å². The zero-order valence-corrected chi connectivity index (χ0v) is 20.9. The molecule has 0 unspecified atom stereocenters. The zero-order chi connectivity index (χ0) is 24.3. The van der Waals surface area contributed by atoms with Crippen molar-refractivity contribution in [1.82, 2.24) is 14.8 Å². The first-order valence-electron chi connectivity index (χ1n) is 10.1. The van der Waals surface area contributed by atoms with E-state index in [1.165, 1.54) is 17.3 Å². The number of thioether (sulfide) groups is 1. The molecule has 9 heteroatoms. The molecule has 0 aliphatic rings. The third-order valence-electron chi connectivity index (χ3n) is 5.02. The maximum atomic E-state index is 12.5. The fourth-order valence-electron chi connectivity index (χ4n) is 3.16. The monoisotopic (exact) mass is 500 g/mol. The minimum Gasteiger partial charge on any atom is -0.328 e. The Kier molecular flexibility index (Phi) is 7.65. The van der Waals surface area contributed by atoms with Gasteiger partial charge in [0.15, 0.2) is 22.7 Å². The van der Waals surface area contributed by atoms with E-state index in [4.69, 9.17) is 23.2 Å². The van der Waals surface area contributed by atoms with Crippen molar-refractivity contribution in [3.05, 3.63) is 70.3 Å². The molecule has 2 aromatic carbocycles. The van der Waals surface area contributed by atoms with Crippen molar-refractivity contribution in [2.24, 2.45) is 5.92 Å². The van der Waals surface area contributed by atoms with E-state index in [-0.39, 0.29) is 22.6 Å². The van der Waals surface area contributed by atoms with Crippen LogP contribution in [-0.2, 0) is 10.2 Å². The van der Waals surface area contributed by atoms with E-state index in [9.17, 15) is 10.1 Å². The fraction of sp³-hybridized carbons (Fsp3) is 0.250. The predicted octanol–water partition coefficient (Wildman–Crippen LogP) is 5.10. The van der Waals surface area contributed by atoms with Gasteiger partial charge in [-0.05, 0) is 29.7 Å². The second kappa shape index (κ2) is 10.1. The van der Waals surface area contributed by atoms with E-state index < -0.39 is 5.92 Å². The molecule has 0 radical (unpaired) electrons. The highest BCUT2D eigenvalue weighted by atomic mass is 35.5. The molecule has 170 valence electrons. The number of nitriles is 1. The van der Waals surface area contributed by atoms with Crippen LogP contribution in [0.4, 0.5) is 0 Å². The van der Waals surface area contributed by atoms with Crippen molar-refractivity contribution < 1.29 is 10.5 Å². The van der Waals surface area contributed by atoms with Gasteiger partial charge in [-0.2, -0.15) is 5.26 Å². The van der Waals surface area contributed by atoms with Crippen LogP contribution in [0.15, 0.2) is 59.9 Å². The molecule has 0 saturated heterocycles. The summed E-state index contributed by atoms with van der Waals surface area (Å²) >= 11 is 14.0. The van der Waals surface area contributed by atoms with Gasteiger partial charge in [-0.1, -0.05) is 86.1 Å². The fourth-order valence-corrected chi connectivity index (χ4v) is 4.39. The molecule has 3 aromatic rings. The van der Waals surface area contributed by atoms with Crippen LogP contribution in [0.2, 0.25) is 10.0 Å². The summed E-state index contributed by atoms with van der Waals surface area (Å²) in [5, 5.41) is 19.1. The lowest BCUT2D eigenvalue weighted by atomic mass is 9.87. The van der Waals surface area contributed by atoms with Gasteiger partial charge in [0, 0.05) is 5.56 Å². The molecule has 0 aliphatic carbocycles. The summed E-state index contributed by atoms with van der Waals surface area (Å²) < 4.78 is 1.78. The summed E-state index contributed by atoms with van der Waals surface area (Å²) in [6.07, 6.45) is 0. The van der Waals surface area contributed by atoms with E-state index in [1.807, 2.05) is 24.3 Å². The lowest BCUT2D eigenvalue weighted by Crippen LogP contribution is -2.51. The molecule has 0 amide bonds. The van der Waals surface area contributed by atoms with Gasteiger partial charge in [-0.3, -0.25) is 9.36 Å². The maximum absolute atomic E-state index is 12.5. The quantitative estimate of drug-likeness (QED) is 0.455. The highest BCUT2D eigenvalue weighted by Crippen LogP contribution is 2.35. The number of rotatable bonds is 7. The van der Waals surface area contributed by atoms with Crippen LogP contribution in [-0.4, -0.2) is 26.3 Å². The standard InChI is InChI=1S/C24H23Cl2N5OS/c1-14(28)17(12-27)20(32)13-33-23-30-29-22(15-8-10-16(11-9-15)24(2,3)4)31(23)19-7-5-6-18(25)21(19)26/h5-11,17H,1,13,28H2,2-4H3/p+1/t17-/m1/s1. The van der Waals surface area contributed by atoms with Gasteiger partial charge in [-0.25, -0.2) is 0 Å². The average Bonchev–Trinajstić information content (AvgIpc) is 3.17. The van der Waals surface area contributed by atoms with Gasteiger partial charge in [0.25, 0.3) is 0 Å². The number of benzene rings is 2. The Morgan fingerprint density at radius 2 is 1.88 bits per heavy atom. The molecule has 6 nitrogen and oxygen atoms in total. The molecule has 1 aromatic heterocycles. The molecule has 3 N–H and O–H groups in total. The van der Waals surface area contributed by atoms with E-state index >= 15 is 0 Å². The number of nitrogens with zero attached hydrogens (tertiary/aromatic N) is 4. The summed E-state index contributed by atoms with van der Waals surface area (Å²) in [6, 6.07) is 15.3. The molecular formula is C24H24Cl2N5OS+. The lowest BCUT2D eigenvalue weighted by molar-refractivity contribution is -0.309. The predicted molar refractivity (Wildman–Crippen MR) is 132 cm³/mol. The first-order chi connectivity index (χ1) is 15.5. The highest BCUT2D eigenvalue weighted by molar-refractivity contribution is 7.99. The summed E-state index contributed by atoms with van der Waals surface area (Å²) in [4.78, 5) is 12.5. The summed E-state index contributed by atoms with van der Waals surface area (Å²) in [5.74, 6) is -0.696. The Bertz CT molecular complexity index is 1240. The minimum atomic E-state index is -0.965. The number of Topliss-reactive ketones (excluding diaryl/α,β-unsaturated/α-hetero) is 1. The van der Waals surface area contributed by atoms with Crippen molar-refractivity contribution in [1.29, 1.82) is 5.26 Å². The number of hydrogen-bond donors (Lipinski definition) is 1. The molecule has 0 fully saturated rings. The number of halogens is 2. The van der Waals surface area contributed by atoms with Crippen LogP contribution in [0.5, 0.6) is 0 Å². The molecule has 33 heavy (non-hydrogen) atoms. The Labute approximate surface area is 207 Å². The second-order valence-electron chi connectivity index (χ2n) is 8.52. The topological polar surface area (TPSA) is 99.2 Å². The van der Waals surface area contributed by atoms with Crippen molar-refractivity contribution in [3.8, 4) is 23.1 Å². The minimum absolute atomic E-state index is 0.00600. The SMILES string of the molecule is C=C([NH3+])[C@@H](C#N)C(=O)CSc1nnc(-c2ccc(C(C)(C)C)cc2)n1-c1cccc(Cl)c1Cl. The first-order valence-corrected chi connectivity index (χ1v) is 11.9. The molecule has 3 rings (SSSR count). The number of allylic oxidation sites excluding steroid dienone is 1. The summed E-state index contributed by atoms with van der Waals surface area (Å²) in [7, 11) is 0. The summed E-state index contributed by atoms with van der Waals surface area (Å²) in [6.45, 7) is 10.1. The number of hydrogen-bond acceptors (Lipinski definition) is 5. The van der Waals surface area contributed by atoms with E-state index in [0.717, 1.165) is 5.56 Å². The highest BCUT2D eigenvalue weighted by Gasteiger charge is 2.25. The van der Waals surface area contributed by atoms with Gasteiger partial charge < -0.3 is 5.73 Å². The Hall–Kier alpha value is -2.63. The lowest BCUT2D eigenvalue weighted by Gasteiger charge is -2.19. The van der Waals surface area contributed by atoms with E-state index in [2.05, 4.69) is 55.4 Å². The van der Waals surface area contributed by atoms with Crippen LogP contribution < -0.4 is 5.73 Å². The second-order valence-corrected chi connectivity index (χ2v) is 10.2. The molecule has 1 heterocycles.